The Balaban J connectivity index is 1.52. The predicted octanol–water partition coefficient (Wildman–Crippen LogP) is 2.19. The van der Waals surface area contributed by atoms with Crippen molar-refractivity contribution in [1.29, 1.82) is 0 Å². The third-order valence-corrected chi connectivity index (χ3v) is 5.55. The number of aromatic hydroxyl groups is 1. The number of aromatic nitrogens is 2. The lowest BCUT2D eigenvalue weighted by Crippen LogP contribution is -2.34. The van der Waals surface area contributed by atoms with Crippen molar-refractivity contribution in [2.45, 2.75) is 19.3 Å². The molecule has 5 rings (SSSR count). The van der Waals surface area contributed by atoms with Crippen molar-refractivity contribution in [3.8, 4) is 22.8 Å². The minimum atomic E-state index is 0.157. The first-order valence-electron chi connectivity index (χ1n) is 8.35. The third-order valence-electron chi connectivity index (χ3n) is 5.55. The summed E-state index contributed by atoms with van der Waals surface area (Å²) in [7, 11) is 0. The minimum Gasteiger partial charge on any atom is -0.507 e. The van der Waals surface area contributed by atoms with Gasteiger partial charge < -0.3 is 21.3 Å². The maximum atomic E-state index is 9.98. The van der Waals surface area contributed by atoms with Gasteiger partial charge in [0.1, 0.15) is 11.4 Å². The SMILES string of the molecule is NCC1CC2(COc3cc(-c4ccccc4O)nnc3N)CC1C2. The fourth-order valence-corrected chi connectivity index (χ4v) is 4.28. The lowest BCUT2D eigenvalue weighted by atomic mass is 9.70. The van der Waals surface area contributed by atoms with Gasteiger partial charge >= 0.3 is 0 Å². The van der Waals surface area contributed by atoms with Crippen LogP contribution >= 0.6 is 0 Å². The molecule has 3 saturated carbocycles. The highest BCUT2D eigenvalue weighted by molar-refractivity contribution is 5.68. The monoisotopic (exact) mass is 326 g/mol. The summed E-state index contributed by atoms with van der Waals surface area (Å²) in [6.07, 6.45) is 3.53. The zero-order valence-electron chi connectivity index (χ0n) is 13.5. The molecule has 2 aromatic rings. The number of phenolic OH excluding ortho intramolecular Hbond substituents is 1. The molecule has 3 aliphatic carbocycles. The van der Waals surface area contributed by atoms with Gasteiger partial charge in [0, 0.05) is 17.0 Å². The number of nitrogens with two attached hydrogens (primary N) is 2. The molecule has 126 valence electrons. The van der Waals surface area contributed by atoms with E-state index in [1.807, 2.05) is 6.07 Å². The summed E-state index contributed by atoms with van der Waals surface area (Å²) in [5.41, 5.74) is 13.2. The van der Waals surface area contributed by atoms with Crippen molar-refractivity contribution in [3.05, 3.63) is 30.3 Å². The standard InChI is InChI=1S/C18H22N4O2/c19-9-12-8-18(6-11(12)7-18)10-24-16-5-14(21-22-17(16)20)13-3-1-2-4-15(13)23/h1-5,11-12,23H,6-10,19H2,(H2,20,22). The average Bonchev–Trinajstić information content (AvgIpc) is 3.10. The Kier molecular flexibility index (Phi) is 3.57. The number of nitrogens with zero attached hydrogens (tertiary/aromatic N) is 2. The van der Waals surface area contributed by atoms with E-state index in [1.165, 1.54) is 12.8 Å². The zero-order valence-corrected chi connectivity index (χ0v) is 13.5. The average molecular weight is 326 g/mol. The first-order chi connectivity index (χ1) is 11.6. The van der Waals surface area contributed by atoms with Crippen molar-refractivity contribution in [1.82, 2.24) is 10.2 Å². The summed E-state index contributed by atoms with van der Waals surface area (Å²) in [6, 6.07) is 8.76. The number of fused-ring (bicyclic) bond motifs is 1. The Labute approximate surface area is 140 Å². The molecule has 0 amide bonds. The van der Waals surface area contributed by atoms with Gasteiger partial charge in [-0.05, 0) is 49.8 Å². The third kappa shape index (κ3) is 2.47. The molecule has 6 nitrogen and oxygen atoms in total. The van der Waals surface area contributed by atoms with Crippen LogP contribution in [0.1, 0.15) is 19.3 Å². The molecule has 0 radical (unpaired) electrons. The Morgan fingerprint density at radius 3 is 2.71 bits per heavy atom. The van der Waals surface area contributed by atoms with Crippen LogP contribution < -0.4 is 16.2 Å². The molecular formula is C18H22N4O2. The van der Waals surface area contributed by atoms with Gasteiger partial charge in [-0.3, -0.25) is 0 Å². The molecule has 3 fully saturated rings. The zero-order chi connectivity index (χ0) is 16.7. The summed E-state index contributed by atoms with van der Waals surface area (Å²) >= 11 is 0. The van der Waals surface area contributed by atoms with Gasteiger partial charge in [-0.25, -0.2) is 0 Å². The molecule has 1 aromatic carbocycles. The lowest BCUT2D eigenvalue weighted by molar-refractivity contribution is 0.0675. The second-order valence-electron chi connectivity index (χ2n) is 7.15. The van der Waals surface area contributed by atoms with E-state index < -0.39 is 0 Å². The Morgan fingerprint density at radius 1 is 1.21 bits per heavy atom. The van der Waals surface area contributed by atoms with E-state index in [0.717, 1.165) is 18.9 Å². The number of para-hydroxylation sites is 1. The largest absolute Gasteiger partial charge is 0.507 e. The highest BCUT2D eigenvalue weighted by Crippen LogP contribution is 2.61. The van der Waals surface area contributed by atoms with E-state index in [9.17, 15) is 5.11 Å². The van der Waals surface area contributed by atoms with Crippen LogP contribution in [0.3, 0.4) is 0 Å². The van der Waals surface area contributed by atoms with Crippen molar-refractivity contribution in [2.24, 2.45) is 23.0 Å². The molecule has 1 heterocycles. The van der Waals surface area contributed by atoms with Gasteiger partial charge in [-0.2, -0.15) is 0 Å². The quantitative estimate of drug-likeness (QED) is 0.777. The number of benzene rings is 1. The van der Waals surface area contributed by atoms with Crippen LogP contribution in [0.2, 0.25) is 0 Å². The first kappa shape index (κ1) is 15.2. The summed E-state index contributed by atoms with van der Waals surface area (Å²) in [6.45, 7) is 1.40. The summed E-state index contributed by atoms with van der Waals surface area (Å²) in [5, 5.41) is 18.0. The molecule has 6 heteroatoms. The van der Waals surface area contributed by atoms with Crippen LogP contribution in [-0.2, 0) is 0 Å². The Bertz CT molecular complexity index is 758. The van der Waals surface area contributed by atoms with Crippen LogP contribution in [0.15, 0.2) is 30.3 Å². The van der Waals surface area contributed by atoms with Crippen molar-refractivity contribution >= 4 is 5.82 Å². The molecule has 0 saturated heterocycles. The molecule has 2 bridgehead atoms. The number of ether oxygens (including phenoxy) is 1. The smallest absolute Gasteiger partial charge is 0.188 e. The number of nitrogen functional groups attached to an aromatic ring is 1. The molecule has 24 heavy (non-hydrogen) atoms. The second-order valence-corrected chi connectivity index (χ2v) is 7.15. The van der Waals surface area contributed by atoms with Crippen LogP contribution in [0.5, 0.6) is 11.5 Å². The molecular weight excluding hydrogens is 304 g/mol. The molecule has 5 N–H and O–H groups in total. The van der Waals surface area contributed by atoms with E-state index in [4.69, 9.17) is 16.2 Å². The van der Waals surface area contributed by atoms with E-state index in [-0.39, 0.29) is 17.0 Å². The van der Waals surface area contributed by atoms with E-state index in [1.54, 1.807) is 24.3 Å². The minimum absolute atomic E-state index is 0.157. The molecule has 3 aliphatic rings. The topological polar surface area (TPSA) is 107 Å². The number of phenols is 1. The van der Waals surface area contributed by atoms with Gasteiger partial charge in [0.05, 0.1) is 6.61 Å². The number of anilines is 1. The Hall–Kier alpha value is -2.34. The van der Waals surface area contributed by atoms with Gasteiger partial charge in [0.2, 0.25) is 0 Å². The second kappa shape index (κ2) is 5.63. The molecule has 1 unspecified atom stereocenters. The maximum absolute atomic E-state index is 9.98. The first-order valence-corrected chi connectivity index (χ1v) is 8.35. The van der Waals surface area contributed by atoms with Gasteiger partial charge in [0.15, 0.2) is 11.6 Å². The van der Waals surface area contributed by atoms with E-state index >= 15 is 0 Å². The van der Waals surface area contributed by atoms with Gasteiger partial charge in [-0.15, -0.1) is 10.2 Å². The number of hydrogen-bond acceptors (Lipinski definition) is 6. The summed E-state index contributed by atoms with van der Waals surface area (Å²) in [5.74, 6) is 2.36. The molecule has 1 aromatic heterocycles. The van der Waals surface area contributed by atoms with Crippen LogP contribution in [0, 0.1) is 17.3 Å². The Morgan fingerprint density at radius 2 is 2.00 bits per heavy atom. The van der Waals surface area contributed by atoms with Crippen molar-refractivity contribution in [2.75, 3.05) is 18.9 Å². The molecule has 1 atom stereocenters. The summed E-state index contributed by atoms with van der Waals surface area (Å²) < 4.78 is 6.01. The number of hydrogen-bond donors (Lipinski definition) is 3. The highest BCUT2D eigenvalue weighted by Gasteiger charge is 2.55. The molecule has 0 spiro atoms. The van der Waals surface area contributed by atoms with Gasteiger partial charge in [-0.1, -0.05) is 12.1 Å². The number of rotatable bonds is 5. The fraction of sp³-hybridized carbons (Fsp3) is 0.444. The lowest BCUT2D eigenvalue weighted by Gasteiger charge is -2.38. The van der Waals surface area contributed by atoms with Crippen LogP contribution in [0.4, 0.5) is 5.82 Å². The fourth-order valence-electron chi connectivity index (χ4n) is 4.28. The van der Waals surface area contributed by atoms with Crippen LogP contribution in [-0.4, -0.2) is 28.5 Å². The van der Waals surface area contributed by atoms with Crippen molar-refractivity contribution in [3.63, 3.8) is 0 Å². The van der Waals surface area contributed by atoms with Crippen LogP contribution in [0.25, 0.3) is 11.3 Å². The highest BCUT2D eigenvalue weighted by atomic mass is 16.5. The summed E-state index contributed by atoms with van der Waals surface area (Å²) in [4.78, 5) is 0. The molecule has 0 aliphatic heterocycles. The van der Waals surface area contributed by atoms with E-state index in [0.29, 0.717) is 29.5 Å². The van der Waals surface area contributed by atoms with Gasteiger partial charge in [0.25, 0.3) is 0 Å². The predicted molar refractivity (Wildman–Crippen MR) is 91.4 cm³/mol. The maximum Gasteiger partial charge on any atom is 0.188 e. The van der Waals surface area contributed by atoms with Crippen molar-refractivity contribution < 1.29 is 9.84 Å². The van der Waals surface area contributed by atoms with E-state index in [2.05, 4.69) is 10.2 Å². The normalized spacial score (nSPS) is 27.7.